The molecule has 2 amide bonds. The predicted molar refractivity (Wildman–Crippen MR) is 70.7 cm³/mol. The first-order chi connectivity index (χ1) is 9.08. The highest BCUT2D eigenvalue weighted by Gasteiger charge is 2.29. The Morgan fingerprint density at radius 3 is 2.53 bits per heavy atom. The molecule has 2 rings (SSSR count). The molecule has 108 valence electrons. The number of rotatable bonds is 3. The summed E-state index contributed by atoms with van der Waals surface area (Å²) in [6.45, 7) is 3.90. The second kappa shape index (κ2) is 6.34. The number of morpholine rings is 1. The molecule has 2 fully saturated rings. The molecule has 1 atom stereocenters. The fourth-order valence-corrected chi connectivity index (χ4v) is 2.54. The van der Waals surface area contributed by atoms with Crippen molar-refractivity contribution in [2.24, 2.45) is 0 Å². The van der Waals surface area contributed by atoms with Gasteiger partial charge in [-0.1, -0.05) is 0 Å². The van der Waals surface area contributed by atoms with Crippen molar-refractivity contribution in [3.63, 3.8) is 0 Å². The molecule has 2 aliphatic rings. The molecule has 6 nitrogen and oxygen atoms in total. The van der Waals surface area contributed by atoms with Gasteiger partial charge in [0.25, 0.3) is 5.91 Å². The van der Waals surface area contributed by atoms with E-state index in [1.54, 1.807) is 14.1 Å². The lowest BCUT2D eigenvalue weighted by molar-refractivity contribution is -0.149. The van der Waals surface area contributed by atoms with Gasteiger partial charge in [-0.15, -0.1) is 0 Å². The van der Waals surface area contributed by atoms with E-state index < -0.39 is 6.10 Å². The Kier molecular flexibility index (Phi) is 4.76. The van der Waals surface area contributed by atoms with E-state index in [1.807, 2.05) is 9.80 Å². The fourth-order valence-electron chi connectivity index (χ4n) is 2.54. The minimum absolute atomic E-state index is 0.0293. The van der Waals surface area contributed by atoms with Crippen LogP contribution in [0.2, 0.25) is 0 Å². The summed E-state index contributed by atoms with van der Waals surface area (Å²) in [5.41, 5.74) is 0. The molecule has 0 radical (unpaired) electrons. The molecule has 0 unspecified atom stereocenters. The summed E-state index contributed by atoms with van der Waals surface area (Å²) < 4.78 is 5.48. The summed E-state index contributed by atoms with van der Waals surface area (Å²) in [6.07, 6.45) is 1.78. The van der Waals surface area contributed by atoms with Crippen molar-refractivity contribution in [3.05, 3.63) is 0 Å². The third-order valence-corrected chi connectivity index (χ3v) is 3.68. The van der Waals surface area contributed by atoms with Gasteiger partial charge in [0, 0.05) is 40.3 Å². The summed E-state index contributed by atoms with van der Waals surface area (Å²) in [4.78, 5) is 29.4. The summed E-state index contributed by atoms with van der Waals surface area (Å²) in [5, 5.41) is 0. The van der Waals surface area contributed by atoms with Crippen LogP contribution in [0.25, 0.3) is 0 Å². The van der Waals surface area contributed by atoms with Gasteiger partial charge in [0.2, 0.25) is 5.91 Å². The summed E-state index contributed by atoms with van der Waals surface area (Å²) in [5.74, 6) is 0.147. The van der Waals surface area contributed by atoms with Crippen molar-refractivity contribution in [2.75, 3.05) is 53.4 Å². The summed E-state index contributed by atoms with van der Waals surface area (Å²) >= 11 is 0. The van der Waals surface area contributed by atoms with Crippen molar-refractivity contribution < 1.29 is 14.3 Å². The Balaban J connectivity index is 1.83. The van der Waals surface area contributed by atoms with E-state index in [0.29, 0.717) is 19.7 Å². The number of likely N-dealkylation sites (N-methyl/N-ethyl adjacent to an activating group) is 1. The number of hydrogen-bond acceptors (Lipinski definition) is 4. The maximum absolute atomic E-state index is 12.1. The molecule has 0 spiro atoms. The average molecular weight is 269 g/mol. The number of amides is 2. The quantitative estimate of drug-likeness (QED) is 0.686. The van der Waals surface area contributed by atoms with Crippen molar-refractivity contribution >= 4 is 11.8 Å². The first kappa shape index (κ1) is 14.3. The van der Waals surface area contributed by atoms with E-state index in [2.05, 4.69) is 0 Å². The molecule has 2 saturated heterocycles. The van der Waals surface area contributed by atoms with Gasteiger partial charge < -0.3 is 14.5 Å². The van der Waals surface area contributed by atoms with Crippen LogP contribution in [0.1, 0.15) is 12.8 Å². The highest BCUT2D eigenvalue weighted by Crippen LogP contribution is 2.11. The van der Waals surface area contributed by atoms with E-state index in [9.17, 15) is 9.59 Å². The largest absolute Gasteiger partial charge is 0.366 e. The normalized spacial score (nSPS) is 24.5. The molecule has 0 aromatic carbocycles. The summed E-state index contributed by atoms with van der Waals surface area (Å²) in [7, 11) is 3.44. The van der Waals surface area contributed by atoms with Gasteiger partial charge in [-0.05, 0) is 12.8 Å². The van der Waals surface area contributed by atoms with Gasteiger partial charge in [0.05, 0.1) is 13.2 Å². The minimum Gasteiger partial charge on any atom is -0.366 e. The van der Waals surface area contributed by atoms with Crippen molar-refractivity contribution in [3.8, 4) is 0 Å². The van der Waals surface area contributed by atoms with Crippen LogP contribution in [-0.4, -0.2) is 86.0 Å². The Morgan fingerprint density at radius 1 is 1.21 bits per heavy atom. The first-order valence-corrected chi connectivity index (χ1v) is 6.91. The number of nitrogens with zero attached hydrogens (tertiary/aromatic N) is 3. The second-order valence-electron chi connectivity index (χ2n) is 5.42. The third-order valence-electron chi connectivity index (χ3n) is 3.68. The molecule has 0 bridgehead atoms. The van der Waals surface area contributed by atoms with Gasteiger partial charge in [0.15, 0.2) is 0 Å². The Morgan fingerprint density at radius 2 is 1.89 bits per heavy atom. The zero-order chi connectivity index (χ0) is 13.8. The standard InChI is InChI=1S/C13H23N3O3/c1-14(2)13(18)11-9-15(7-8-19-11)10-12(17)16-5-3-4-6-16/h11H,3-10H2,1-2H3/t11-/m0/s1. The predicted octanol–water partition coefficient (Wildman–Crippen LogP) is -0.602. The zero-order valence-corrected chi connectivity index (χ0v) is 11.8. The first-order valence-electron chi connectivity index (χ1n) is 6.91. The molecule has 2 heterocycles. The smallest absolute Gasteiger partial charge is 0.252 e. The second-order valence-corrected chi connectivity index (χ2v) is 5.42. The van der Waals surface area contributed by atoms with Crippen LogP contribution in [0.5, 0.6) is 0 Å². The number of carbonyl (C=O) groups is 2. The fraction of sp³-hybridized carbons (Fsp3) is 0.846. The molecule has 0 aliphatic carbocycles. The summed E-state index contributed by atoms with van der Waals surface area (Å²) in [6, 6.07) is 0. The number of likely N-dealkylation sites (tertiary alicyclic amines) is 1. The molecule has 0 aromatic rings. The van der Waals surface area contributed by atoms with Crippen LogP contribution in [0, 0.1) is 0 Å². The molecule has 0 N–H and O–H groups in total. The van der Waals surface area contributed by atoms with Gasteiger partial charge in [0.1, 0.15) is 6.10 Å². The molecular weight excluding hydrogens is 246 g/mol. The molecule has 6 heteroatoms. The van der Waals surface area contributed by atoms with Gasteiger partial charge in [-0.25, -0.2) is 0 Å². The van der Waals surface area contributed by atoms with Gasteiger partial charge in [-0.2, -0.15) is 0 Å². The third kappa shape index (κ3) is 3.67. The number of ether oxygens (including phenoxy) is 1. The van der Waals surface area contributed by atoms with Crippen LogP contribution in [0.3, 0.4) is 0 Å². The lowest BCUT2D eigenvalue weighted by Crippen LogP contribution is -2.52. The van der Waals surface area contributed by atoms with Crippen LogP contribution >= 0.6 is 0 Å². The number of carbonyl (C=O) groups excluding carboxylic acids is 2. The lowest BCUT2D eigenvalue weighted by Gasteiger charge is -2.33. The maximum atomic E-state index is 12.1. The minimum atomic E-state index is -0.435. The highest BCUT2D eigenvalue weighted by atomic mass is 16.5. The molecule has 2 aliphatic heterocycles. The average Bonchev–Trinajstić information content (AvgIpc) is 2.92. The van der Waals surface area contributed by atoms with E-state index in [-0.39, 0.29) is 11.8 Å². The highest BCUT2D eigenvalue weighted by molar-refractivity contribution is 5.81. The Hall–Kier alpha value is -1.14. The van der Waals surface area contributed by atoms with E-state index in [1.165, 1.54) is 4.90 Å². The van der Waals surface area contributed by atoms with Crippen LogP contribution < -0.4 is 0 Å². The Labute approximate surface area is 114 Å². The van der Waals surface area contributed by atoms with Gasteiger partial charge in [-0.3, -0.25) is 14.5 Å². The topological polar surface area (TPSA) is 53.1 Å². The molecule has 0 aromatic heterocycles. The SMILES string of the molecule is CN(C)C(=O)[C@@H]1CN(CC(=O)N2CCCC2)CCO1. The van der Waals surface area contributed by atoms with E-state index in [4.69, 9.17) is 4.74 Å². The van der Waals surface area contributed by atoms with Crippen molar-refractivity contribution in [1.82, 2.24) is 14.7 Å². The zero-order valence-electron chi connectivity index (χ0n) is 11.8. The van der Waals surface area contributed by atoms with E-state index >= 15 is 0 Å². The van der Waals surface area contributed by atoms with E-state index in [0.717, 1.165) is 32.5 Å². The monoisotopic (exact) mass is 269 g/mol. The molecular formula is C13H23N3O3. The number of hydrogen-bond donors (Lipinski definition) is 0. The Bertz CT molecular complexity index is 340. The molecule has 19 heavy (non-hydrogen) atoms. The maximum Gasteiger partial charge on any atom is 0.252 e. The van der Waals surface area contributed by atoms with Crippen molar-refractivity contribution in [1.29, 1.82) is 0 Å². The molecule has 0 saturated carbocycles. The van der Waals surface area contributed by atoms with Crippen molar-refractivity contribution in [2.45, 2.75) is 18.9 Å². The lowest BCUT2D eigenvalue weighted by atomic mass is 10.2. The van der Waals surface area contributed by atoms with Crippen LogP contribution in [0.4, 0.5) is 0 Å². The van der Waals surface area contributed by atoms with Gasteiger partial charge >= 0.3 is 0 Å². The van der Waals surface area contributed by atoms with Crippen LogP contribution in [-0.2, 0) is 14.3 Å². The van der Waals surface area contributed by atoms with Crippen LogP contribution in [0.15, 0.2) is 0 Å².